The zero-order chi connectivity index (χ0) is 16.4. The predicted molar refractivity (Wildman–Crippen MR) is 95.6 cm³/mol. The molecule has 0 N–H and O–H groups in total. The molecule has 2 aliphatic heterocycles. The van der Waals surface area contributed by atoms with E-state index in [1.165, 1.54) is 44.3 Å². The third-order valence-electron chi connectivity index (χ3n) is 5.90. The van der Waals surface area contributed by atoms with Crippen LogP contribution in [0.4, 0.5) is 5.95 Å². The Morgan fingerprint density at radius 1 is 1.04 bits per heavy atom. The number of aryl methyl sites for hydroxylation is 1. The molecule has 3 aliphatic rings. The minimum absolute atomic E-state index is 0.685. The Hall–Kier alpha value is -1.20. The van der Waals surface area contributed by atoms with E-state index in [2.05, 4.69) is 22.8 Å². The third-order valence-corrected chi connectivity index (χ3v) is 5.90. The molecule has 132 valence electrons. The summed E-state index contributed by atoms with van der Waals surface area (Å²) >= 11 is 0. The van der Waals surface area contributed by atoms with Gasteiger partial charge in [0.25, 0.3) is 0 Å². The molecular weight excluding hydrogens is 300 g/mol. The van der Waals surface area contributed by atoms with Crippen LogP contribution in [0.5, 0.6) is 0 Å². The molecule has 0 atom stereocenters. The van der Waals surface area contributed by atoms with Crippen molar-refractivity contribution in [1.82, 2.24) is 14.9 Å². The lowest BCUT2D eigenvalue weighted by molar-refractivity contribution is 0.0289. The van der Waals surface area contributed by atoms with Crippen LogP contribution in [0.15, 0.2) is 6.07 Å². The van der Waals surface area contributed by atoms with Crippen LogP contribution in [-0.2, 0) is 4.74 Å². The number of piperidine rings is 1. The Kier molecular flexibility index (Phi) is 4.99. The fourth-order valence-corrected chi connectivity index (χ4v) is 4.10. The number of hydrogen-bond donors (Lipinski definition) is 0. The van der Waals surface area contributed by atoms with E-state index in [0.717, 1.165) is 57.0 Å². The highest BCUT2D eigenvalue weighted by Gasteiger charge is 2.26. The van der Waals surface area contributed by atoms with Crippen molar-refractivity contribution in [2.24, 2.45) is 5.92 Å². The van der Waals surface area contributed by atoms with Gasteiger partial charge in [0.1, 0.15) is 0 Å². The standard InChI is InChI=1S/C19H30N4O/c1-15-13-18(17-3-2-4-17)21-19(20-15)23-7-5-16(6-8-23)14-22-9-11-24-12-10-22/h13,16-17H,2-12,14H2,1H3. The van der Waals surface area contributed by atoms with Crippen LogP contribution in [0.1, 0.15) is 49.4 Å². The fraction of sp³-hybridized carbons (Fsp3) is 0.789. The van der Waals surface area contributed by atoms with Gasteiger partial charge in [-0.1, -0.05) is 6.42 Å². The van der Waals surface area contributed by atoms with Crippen LogP contribution in [0.2, 0.25) is 0 Å². The van der Waals surface area contributed by atoms with Crippen molar-refractivity contribution in [3.8, 4) is 0 Å². The average molecular weight is 330 g/mol. The first-order valence-electron chi connectivity index (χ1n) is 9.68. The van der Waals surface area contributed by atoms with Gasteiger partial charge in [-0.05, 0) is 44.6 Å². The van der Waals surface area contributed by atoms with Gasteiger partial charge >= 0.3 is 0 Å². The van der Waals surface area contributed by atoms with Gasteiger partial charge in [-0.25, -0.2) is 9.97 Å². The summed E-state index contributed by atoms with van der Waals surface area (Å²) in [5, 5.41) is 0. The van der Waals surface area contributed by atoms with Crippen molar-refractivity contribution in [3.05, 3.63) is 17.5 Å². The van der Waals surface area contributed by atoms with Gasteiger partial charge < -0.3 is 9.64 Å². The van der Waals surface area contributed by atoms with Crippen molar-refractivity contribution < 1.29 is 4.74 Å². The van der Waals surface area contributed by atoms with E-state index in [1.807, 2.05) is 0 Å². The van der Waals surface area contributed by atoms with E-state index in [-0.39, 0.29) is 0 Å². The molecule has 5 heteroatoms. The number of hydrogen-bond acceptors (Lipinski definition) is 5. The Morgan fingerprint density at radius 3 is 2.46 bits per heavy atom. The summed E-state index contributed by atoms with van der Waals surface area (Å²) in [6.45, 7) is 9.56. The van der Waals surface area contributed by atoms with Gasteiger partial charge in [0.2, 0.25) is 5.95 Å². The van der Waals surface area contributed by atoms with Crippen LogP contribution >= 0.6 is 0 Å². The first kappa shape index (κ1) is 16.3. The minimum Gasteiger partial charge on any atom is -0.379 e. The summed E-state index contributed by atoms with van der Waals surface area (Å²) in [5.41, 5.74) is 2.40. The second kappa shape index (κ2) is 7.36. The summed E-state index contributed by atoms with van der Waals surface area (Å²) in [5.74, 6) is 2.47. The monoisotopic (exact) mass is 330 g/mol. The molecule has 3 heterocycles. The van der Waals surface area contributed by atoms with Gasteiger partial charge in [0.05, 0.1) is 13.2 Å². The molecule has 1 saturated carbocycles. The van der Waals surface area contributed by atoms with Gasteiger partial charge in [-0.3, -0.25) is 4.90 Å². The zero-order valence-corrected chi connectivity index (χ0v) is 14.9. The van der Waals surface area contributed by atoms with Crippen LogP contribution in [-0.4, -0.2) is 60.8 Å². The third kappa shape index (κ3) is 3.72. The molecule has 1 aromatic rings. The highest BCUT2D eigenvalue weighted by molar-refractivity contribution is 5.34. The van der Waals surface area contributed by atoms with Gasteiger partial charge in [0.15, 0.2) is 0 Å². The Morgan fingerprint density at radius 2 is 1.79 bits per heavy atom. The summed E-state index contributed by atoms with van der Waals surface area (Å²) < 4.78 is 5.45. The van der Waals surface area contributed by atoms with Gasteiger partial charge in [-0.15, -0.1) is 0 Å². The number of aromatic nitrogens is 2. The highest BCUT2D eigenvalue weighted by atomic mass is 16.5. The second-order valence-electron chi connectivity index (χ2n) is 7.71. The Labute approximate surface area is 145 Å². The molecule has 2 saturated heterocycles. The lowest BCUT2D eigenvalue weighted by Gasteiger charge is -2.36. The van der Waals surface area contributed by atoms with E-state index < -0.39 is 0 Å². The lowest BCUT2D eigenvalue weighted by atomic mass is 9.82. The van der Waals surface area contributed by atoms with E-state index in [0.29, 0.717) is 5.92 Å². The molecule has 0 aromatic carbocycles. The number of ether oxygens (including phenoxy) is 1. The quantitative estimate of drug-likeness (QED) is 0.849. The van der Waals surface area contributed by atoms with Crippen molar-refractivity contribution in [2.75, 3.05) is 50.8 Å². The largest absolute Gasteiger partial charge is 0.379 e. The van der Waals surface area contributed by atoms with E-state index in [4.69, 9.17) is 14.7 Å². The van der Waals surface area contributed by atoms with Crippen molar-refractivity contribution >= 4 is 5.95 Å². The zero-order valence-electron chi connectivity index (χ0n) is 14.9. The number of rotatable bonds is 4. The maximum atomic E-state index is 5.45. The maximum absolute atomic E-state index is 5.45. The van der Waals surface area contributed by atoms with E-state index in [9.17, 15) is 0 Å². The average Bonchev–Trinajstić information content (AvgIpc) is 2.54. The minimum atomic E-state index is 0.685. The Balaban J connectivity index is 1.34. The van der Waals surface area contributed by atoms with E-state index >= 15 is 0 Å². The van der Waals surface area contributed by atoms with Crippen LogP contribution in [0.3, 0.4) is 0 Å². The molecule has 4 rings (SSSR count). The van der Waals surface area contributed by atoms with Gasteiger partial charge in [-0.2, -0.15) is 0 Å². The molecule has 1 aliphatic carbocycles. The highest BCUT2D eigenvalue weighted by Crippen LogP contribution is 2.36. The molecule has 0 spiro atoms. The maximum Gasteiger partial charge on any atom is 0.225 e. The Bertz CT molecular complexity index is 546. The van der Waals surface area contributed by atoms with Crippen LogP contribution < -0.4 is 4.90 Å². The SMILES string of the molecule is Cc1cc(C2CCC2)nc(N2CCC(CN3CCOCC3)CC2)n1. The normalized spacial score (nSPS) is 24.1. The lowest BCUT2D eigenvalue weighted by Crippen LogP contribution is -2.43. The number of nitrogens with zero attached hydrogens (tertiary/aromatic N) is 4. The summed E-state index contributed by atoms with van der Waals surface area (Å²) in [4.78, 5) is 14.6. The van der Waals surface area contributed by atoms with Gasteiger partial charge in [0, 0.05) is 50.0 Å². The predicted octanol–water partition coefficient (Wildman–Crippen LogP) is 2.60. The molecule has 5 nitrogen and oxygen atoms in total. The van der Waals surface area contributed by atoms with Crippen LogP contribution in [0.25, 0.3) is 0 Å². The number of morpholine rings is 1. The molecule has 0 unspecified atom stereocenters. The molecular formula is C19H30N4O. The summed E-state index contributed by atoms with van der Waals surface area (Å²) in [6.07, 6.45) is 6.48. The summed E-state index contributed by atoms with van der Waals surface area (Å²) in [6, 6.07) is 2.19. The fourth-order valence-electron chi connectivity index (χ4n) is 4.10. The summed E-state index contributed by atoms with van der Waals surface area (Å²) in [7, 11) is 0. The van der Waals surface area contributed by atoms with Crippen molar-refractivity contribution in [3.63, 3.8) is 0 Å². The molecule has 24 heavy (non-hydrogen) atoms. The first-order valence-corrected chi connectivity index (χ1v) is 9.68. The van der Waals surface area contributed by atoms with Crippen molar-refractivity contribution in [2.45, 2.75) is 44.9 Å². The molecule has 0 amide bonds. The first-order chi connectivity index (χ1) is 11.8. The van der Waals surface area contributed by atoms with Crippen LogP contribution in [0, 0.1) is 12.8 Å². The second-order valence-corrected chi connectivity index (χ2v) is 7.71. The van der Waals surface area contributed by atoms with E-state index in [1.54, 1.807) is 0 Å². The molecule has 3 fully saturated rings. The number of anilines is 1. The molecule has 0 bridgehead atoms. The molecule has 1 aromatic heterocycles. The van der Waals surface area contributed by atoms with Crippen molar-refractivity contribution in [1.29, 1.82) is 0 Å². The smallest absolute Gasteiger partial charge is 0.225 e. The topological polar surface area (TPSA) is 41.5 Å². The molecule has 0 radical (unpaired) electrons.